The topological polar surface area (TPSA) is 53.5 Å². The summed E-state index contributed by atoms with van der Waals surface area (Å²) in [5.41, 5.74) is 5.39. The number of pyridine rings is 1. The van der Waals surface area contributed by atoms with Crippen LogP contribution in [0.2, 0.25) is 0 Å². The monoisotopic (exact) mass is 443 g/mol. The van der Waals surface area contributed by atoms with Gasteiger partial charge in [-0.1, -0.05) is 30.3 Å². The van der Waals surface area contributed by atoms with Gasteiger partial charge in [-0.2, -0.15) is 0 Å². The number of rotatable bonds is 2. The van der Waals surface area contributed by atoms with Crippen molar-refractivity contribution < 1.29 is 14.0 Å². The van der Waals surface area contributed by atoms with Gasteiger partial charge in [0.2, 0.25) is 5.91 Å². The molecular formula is C27H26FN3O2. The van der Waals surface area contributed by atoms with E-state index in [1.54, 1.807) is 24.0 Å². The molecule has 0 unspecified atom stereocenters. The van der Waals surface area contributed by atoms with E-state index in [0.717, 1.165) is 58.1 Å². The van der Waals surface area contributed by atoms with Crippen LogP contribution in [-0.4, -0.2) is 52.8 Å². The molecule has 0 N–H and O–H groups in total. The molecule has 2 amide bonds. The van der Waals surface area contributed by atoms with E-state index in [1.165, 1.54) is 12.1 Å². The molecule has 6 heteroatoms. The molecule has 0 radical (unpaired) electrons. The number of aromatic nitrogens is 1. The fraction of sp³-hybridized carbons (Fsp3) is 0.296. The van der Waals surface area contributed by atoms with Crippen molar-refractivity contribution in [3.8, 4) is 0 Å². The molecule has 3 aromatic rings. The fourth-order valence-electron chi connectivity index (χ4n) is 4.86. The molecule has 1 fully saturated rings. The van der Waals surface area contributed by atoms with Crippen LogP contribution in [0.3, 0.4) is 0 Å². The van der Waals surface area contributed by atoms with E-state index >= 15 is 0 Å². The zero-order valence-corrected chi connectivity index (χ0v) is 18.7. The number of benzene rings is 2. The third kappa shape index (κ3) is 4.13. The summed E-state index contributed by atoms with van der Waals surface area (Å²) in [7, 11) is 0. The summed E-state index contributed by atoms with van der Waals surface area (Å²) < 4.78 is 13.4. The summed E-state index contributed by atoms with van der Waals surface area (Å²) in [6, 6.07) is 14.2. The number of nitrogens with zero attached hydrogens (tertiary/aromatic N) is 3. The second kappa shape index (κ2) is 8.77. The molecule has 0 atom stereocenters. The average Bonchev–Trinajstić information content (AvgIpc) is 2.84. The first-order chi connectivity index (χ1) is 16.0. The lowest BCUT2D eigenvalue weighted by atomic mass is 9.85. The van der Waals surface area contributed by atoms with Crippen LogP contribution in [0.5, 0.6) is 0 Å². The summed E-state index contributed by atoms with van der Waals surface area (Å²) in [5, 5.41) is 0.873. The largest absolute Gasteiger partial charge is 0.339 e. The number of carbonyl (C=O) groups is 2. The van der Waals surface area contributed by atoms with Gasteiger partial charge in [-0.05, 0) is 60.2 Å². The van der Waals surface area contributed by atoms with E-state index in [0.29, 0.717) is 26.2 Å². The van der Waals surface area contributed by atoms with E-state index in [4.69, 9.17) is 4.98 Å². The van der Waals surface area contributed by atoms with E-state index < -0.39 is 0 Å². The Morgan fingerprint density at radius 2 is 1.64 bits per heavy atom. The van der Waals surface area contributed by atoms with Gasteiger partial charge in [-0.15, -0.1) is 0 Å². The van der Waals surface area contributed by atoms with Gasteiger partial charge in [0.1, 0.15) is 5.82 Å². The van der Waals surface area contributed by atoms with Crippen LogP contribution in [0.25, 0.3) is 22.6 Å². The van der Waals surface area contributed by atoms with Crippen molar-refractivity contribution in [1.82, 2.24) is 14.8 Å². The van der Waals surface area contributed by atoms with Gasteiger partial charge < -0.3 is 9.80 Å². The minimum atomic E-state index is -0.261. The lowest BCUT2D eigenvalue weighted by Crippen LogP contribution is -2.50. The highest BCUT2D eigenvalue weighted by molar-refractivity contribution is 6.09. The predicted molar refractivity (Wildman–Crippen MR) is 127 cm³/mol. The Morgan fingerprint density at radius 3 is 2.36 bits per heavy atom. The lowest BCUT2D eigenvalue weighted by molar-refractivity contribution is -0.130. The summed E-state index contributed by atoms with van der Waals surface area (Å²) in [6.07, 6.45) is 4.64. The van der Waals surface area contributed by atoms with E-state index in [1.807, 2.05) is 29.2 Å². The maximum Gasteiger partial charge on any atom is 0.255 e. The van der Waals surface area contributed by atoms with Crippen molar-refractivity contribution in [3.05, 3.63) is 76.7 Å². The van der Waals surface area contributed by atoms with Crippen molar-refractivity contribution >= 4 is 34.4 Å². The fourth-order valence-corrected chi connectivity index (χ4v) is 4.86. The van der Waals surface area contributed by atoms with Crippen LogP contribution in [0.15, 0.2) is 48.5 Å². The van der Waals surface area contributed by atoms with Gasteiger partial charge in [-0.25, -0.2) is 9.37 Å². The molecule has 0 spiro atoms. The minimum absolute atomic E-state index is 0.0103. The number of allylic oxidation sites excluding steroid dienone is 1. The smallest absolute Gasteiger partial charge is 0.255 e. The molecule has 1 aliphatic heterocycles. The second-order valence-electron chi connectivity index (χ2n) is 8.70. The molecule has 2 aromatic carbocycles. The molecule has 5 rings (SSSR count). The van der Waals surface area contributed by atoms with Crippen molar-refractivity contribution in [3.63, 3.8) is 0 Å². The molecule has 5 nitrogen and oxygen atoms in total. The van der Waals surface area contributed by atoms with Crippen molar-refractivity contribution in [2.45, 2.75) is 26.2 Å². The van der Waals surface area contributed by atoms with Gasteiger partial charge in [0.15, 0.2) is 0 Å². The molecular weight excluding hydrogens is 417 g/mol. The Kier molecular flexibility index (Phi) is 5.67. The van der Waals surface area contributed by atoms with Crippen LogP contribution in [0, 0.1) is 5.82 Å². The molecule has 1 saturated heterocycles. The highest BCUT2D eigenvalue weighted by Gasteiger charge is 2.29. The maximum atomic E-state index is 13.8. The zero-order chi connectivity index (χ0) is 22.9. The summed E-state index contributed by atoms with van der Waals surface area (Å²) >= 11 is 0. The van der Waals surface area contributed by atoms with E-state index in [2.05, 4.69) is 6.08 Å². The Balaban J connectivity index is 1.59. The van der Waals surface area contributed by atoms with E-state index in [9.17, 15) is 14.0 Å². The number of fused-ring (bicyclic) bond motifs is 2. The van der Waals surface area contributed by atoms with Gasteiger partial charge in [0.25, 0.3) is 5.91 Å². The molecule has 1 aromatic heterocycles. The Bertz CT molecular complexity index is 1260. The number of halogens is 1. The number of carbonyl (C=O) groups excluding carboxylic acids is 2. The number of hydrogen-bond acceptors (Lipinski definition) is 3. The highest BCUT2D eigenvalue weighted by Crippen LogP contribution is 2.36. The van der Waals surface area contributed by atoms with Crippen LogP contribution >= 0.6 is 0 Å². The molecule has 33 heavy (non-hydrogen) atoms. The normalized spacial score (nSPS) is 17.3. The van der Waals surface area contributed by atoms with Gasteiger partial charge >= 0.3 is 0 Å². The van der Waals surface area contributed by atoms with Gasteiger partial charge in [0.05, 0.1) is 16.8 Å². The van der Waals surface area contributed by atoms with Crippen LogP contribution < -0.4 is 0 Å². The summed E-state index contributed by atoms with van der Waals surface area (Å²) in [6.45, 7) is 3.74. The first-order valence-electron chi connectivity index (χ1n) is 11.4. The van der Waals surface area contributed by atoms with Crippen LogP contribution in [-0.2, 0) is 11.2 Å². The first-order valence-corrected chi connectivity index (χ1v) is 11.4. The Labute approximate surface area is 192 Å². The van der Waals surface area contributed by atoms with E-state index in [-0.39, 0.29) is 17.6 Å². The van der Waals surface area contributed by atoms with Crippen LogP contribution in [0.4, 0.5) is 4.39 Å². The SMILES string of the molecule is CC(=O)N1CCN(C(=O)c2c3c(nc4ccccc24)/C(=C/c2ccc(F)cc2)CCC3)CC1. The number of piperazine rings is 1. The zero-order valence-electron chi connectivity index (χ0n) is 18.7. The maximum absolute atomic E-state index is 13.8. The molecule has 2 aliphatic rings. The summed E-state index contributed by atoms with van der Waals surface area (Å²) in [5.74, 6) is -0.205. The molecule has 2 heterocycles. The predicted octanol–water partition coefficient (Wildman–Crippen LogP) is 4.56. The number of para-hydroxylation sites is 1. The first kappa shape index (κ1) is 21.3. The third-order valence-electron chi connectivity index (χ3n) is 6.61. The number of hydrogen-bond donors (Lipinski definition) is 0. The van der Waals surface area contributed by atoms with Crippen molar-refractivity contribution in [1.29, 1.82) is 0 Å². The Morgan fingerprint density at radius 1 is 0.939 bits per heavy atom. The quantitative estimate of drug-likeness (QED) is 0.584. The molecule has 1 aliphatic carbocycles. The molecule has 168 valence electrons. The average molecular weight is 444 g/mol. The highest BCUT2D eigenvalue weighted by atomic mass is 19.1. The lowest BCUT2D eigenvalue weighted by Gasteiger charge is -2.35. The third-order valence-corrected chi connectivity index (χ3v) is 6.61. The number of amides is 2. The standard InChI is InChI=1S/C27H26FN3O2/c1-18(32)30-13-15-31(16-14-30)27(33)25-22-6-2-3-8-24(22)29-26-20(5-4-7-23(25)26)17-19-9-11-21(28)12-10-19/h2-3,6,8-12,17H,4-5,7,13-16H2,1H3/b20-17+. The minimum Gasteiger partial charge on any atom is -0.339 e. The van der Waals surface area contributed by atoms with Gasteiger partial charge in [0, 0.05) is 38.5 Å². The molecule has 0 saturated carbocycles. The molecule has 0 bridgehead atoms. The van der Waals surface area contributed by atoms with Gasteiger partial charge in [-0.3, -0.25) is 9.59 Å². The van der Waals surface area contributed by atoms with Crippen molar-refractivity contribution in [2.75, 3.05) is 26.2 Å². The second-order valence-corrected chi connectivity index (χ2v) is 8.70. The summed E-state index contributed by atoms with van der Waals surface area (Å²) in [4.78, 5) is 34.1. The van der Waals surface area contributed by atoms with Crippen molar-refractivity contribution in [2.24, 2.45) is 0 Å². The Hall–Kier alpha value is -3.54. The van der Waals surface area contributed by atoms with Crippen LogP contribution in [0.1, 0.15) is 46.9 Å².